The minimum absolute atomic E-state index is 0.0732. The first-order valence-electron chi connectivity index (χ1n) is 13.9. The molecule has 2 aliphatic rings. The lowest BCUT2D eigenvalue weighted by Gasteiger charge is -2.33. The normalized spacial score (nSPS) is 17.1. The second kappa shape index (κ2) is 13.9. The molecule has 0 aliphatic carbocycles. The number of fused-ring (bicyclic) bond motifs is 1. The van der Waals surface area contributed by atoms with Gasteiger partial charge in [-0.2, -0.15) is 0 Å². The fraction of sp³-hybridized carbons (Fsp3) is 0.533. The Morgan fingerprint density at radius 1 is 1.08 bits per heavy atom. The molecule has 4 rings (SSSR count). The Labute approximate surface area is 230 Å². The van der Waals surface area contributed by atoms with E-state index in [4.69, 9.17) is 14.2 Å². The summed E-state index contributed by atoms with van der Waals surface area (Å²) in [5.74, 6) is -0.0703. The third-order valence-electron chi connectivity index (χ3n) is 6.90. The third-order valence-corrected chi connectivity index (χ3v) is 6.90. The van der Waals surface area contributed by atoms with Crippen LogP contribution >= 0.6 is 0 Å². The highest BCUT2D eigenvalue weighted by molar-refractivity contribution is 6.12. The van der Waals surface area contributed by atoms with Crippen molar-refractivity contribution in [3.8, 4) is 5.75 Å². The van der Waals surface area contributed by atoms with Gasteiger partial charge in [-0.15, -0.1) is 0 Å². The molecule has 3 N–H and O–H groups in total. The number of benzene rings is 2. The van der Waals surface area contributed by atoms with Gasteiger partial charge < -0.3 is 24.6 Å². The topological polar surface area (TPSA) is 109 Å². The molecular formula is C30H41N3O6. The van der Waals surface area contributed by atoms with Crippen LogP contribution in [-0.4, -0.2) is 55.7 Å². The molecule has 1 saturated heterocycles. The summed E-state index contributed by atoms with van der Waals surface area (Å²) >= 11 is 0. The summed E-state index contributed by atoms with van der Waals surface area (Å²) in [6.45, 7) is 7.18. The van der Waals surface area contributed by atoms with E-state index >= 15 is 0 Å². The number of rotatable bonds is 15. The number of hydrogen-bond acceptors (Lipinski definition) is 7. The Kier molecular flexibility index (Phi) is 10.3. The quantitative estimate of drug-likeness (QED) is 0.230. The zero-order chi connectivity index (χ0) is 27.7. The summed E-state index contributed by atoms with van der Waals surface area (Å²) in [6.07, 6.45) is 5.53. The molecule has 3 amide bonds. The van der Waals surface area contributed by atoms with Gasteiger partial charge in [0, 0.05) is 44.9 Å². The van der Waals surface area contributed by atoms with Gasteiger partial charge in [-0.3, -0.25) is 15.0 Å². The number of carbonyl (C=O) groups excluding carboxylic acids is 2. The number of unbranched alkanes of at least 4 members (excludes halogenated alkanes) is 3. The van der Waals surface area contributed by atoms with Gasteiger partial charge in [-0.1, -0.05) is 31.0 Å². The van der Waals surface area contributed by atoms with Gasteiger partial charge in [0.1, 0.15) is 12.3 Å². The van der Waals surface area contributed by atoms with Crippen LogP contribution in [0.25, 0.3) is 0 Å². The molecular weight excluding hydrogens is 498 g/mol. The highest BCUT2D eigenvalue weighted by atomic mass is 16.7. The summed E-state index contributed by atoms with van der Waals surface area (Å²) in [4.78, 5) is 24.7. The molecule has 1 atom stereocenters. The number of nitrogens with one attached hydrogen (secondary N) is 2. The van der Waals surface area contributed by atoms with Crippen molar-refractivity contribution in [2.45, 2.75) is 70.9 Å². The van der Waals surface area contributed by atoms with Crippen LogP contribution in [-0.2, 0) is 27.3 Å². The lowest BCUT2D eigenvalue weighted by atomic mass is 10.0. The van der Waals surface area contributed by atoms with E-state index in [-0.39, 0.29) is 18.5 Å². The molecule has 0 radical (unpaired) electrons. The molecule has 2 aliphatic heterocycles. The van der Waals surface area contributed by atoms with Gasteiger partial charge in [0.2, 0.25) is 11.7 Å². The number of carbonyl (C=O) groups is 2. The van der Waals surface area contributed by atoms with Crippen LogP contribution < -0.4 is 20.3 Å². The Balaban J connectivity index is 0.998. The Hall–Kier alpha value is -2.98. The molecule has 1 unspecified atom stereocenters. The van der Waals surface area contributed by atoms with Gasteiger partial charge in [0.05, 0.1) is 12.7 Å². The highest BCUT2D eigenvalue weighted by Gasteiger charge is 2.28. The first-order valence-corrected chi connectivity index (χ1v) is 13.9. The van der Waals surface area contributed by atoms with Crippen molar-refractivity contribution in [3.05, 3.63) is 59.2 Å². The average molecular weight is 540 g/mol. The van der Waals surface area contributed by atoms with Crippen LogP contribution in [0.1, 0.15) is 68.7 Å². The molecule has 0 aromatic heterocycles. The summed E-state index contributed by atoms with van der Waals surface area (Å²) < 4.78 is 17.3. The minimum Gasteiger partial charge on any atom is -0.463 e. The van der Waals surface area contributed by atoms with Crippen LogP contribution in [0.5, 0.6) is 5.75 Å². The van der Waals surface area contributed by atoms with Gasteiger partial charge in [0.15, 0.2) is 0 Å². The number of amides is 3. The van der Waals surface area contributed by atoms with Gasteiger partial charge in [-0.25, -0.2) is 4.79 Å². The van der Waals surface area contributed by atoms with Gasteiger partial charge in [0.25, 0.3) is 0 Å². The number of aliphatic hydroxyl groups is 1. The molecule has 1 fully saturated rings. The molecule has 2 aromatic carbocycles. The van der Waals surface area contributed by atoms with Crippen molar-refractivity contribution in [2.75, 3.05) is 37.7 Å². The smallest absolute Gasteiger partial charge is 0.329 e. The predicted molar refractivity (Wildman–Crippen MR) is 149 cm³/mol. The van der Waals surface area contributed by atoms with E-state index in [9.17, 15) is 14.7 Å². The number of imide groups is 1. The Morgan fingerprint density at radius 3 is 2.72 bits per heavy atom. The monoisotopic (exact) mass is 539 g/mol. The van der Waals surface area contributed by atoms with Crippen molar-refractivity contribution in [1.82, 2.24) is 10.6 Å². The van der Waals surface area contributed by atoms with Crippen molar-refractivity contribution >= 4 is 17.6 Å². The fourth-order valence-electron chi connectivity index (χ4n) is 4.74. The maximum absolute atomic E-state index is 11.8. The number of aliphatic hydroxyl groups excluding tert-OH is 1. The van der Waals surface area contributed by atoms with Crippen LogP contribution in [0, 0.1) is 0 Å². The zero-order valence-corrected chi connectivity index (χ0v) is 23.0. The van der Waals surface area contributed by atoms with E-state index in [2.05, 4.69) is 10.6 Å². The minimum atomic E-state index is -0.616. The fourth-order valence-corrected chi connectivity index (χ4v) is 4.74. The first-order chi connectivity index (χ1) is 18.8. The van der Waals surface area contributed by atoms with Crippen LogP contribution in [0.2, 0.25) is 0 Å². The molecule has 0 saturated carbocycles. The zero-order valence-electron chi connectivity index (χ0n) is 23.0. The highest BCUT2D eigenvalue weighted by Crippen LogP contribution is 2.32. The summed E-state index contributed by atoms with van der Waals surface area (Å²) in [5, 5.41) is 16.2. The Bertz CT molecular complexity index is 1120. The number of ether oxygens (including phenoxy) is 3. The summed E-state index contributed by atoms with van der Waals surface area (Å²) in [5.41, 5.74) is 3.70. The van der Waals surface area contributed by atoms with Crippen LogP contribution in [0.4, 0.5) is 10.5 Å². The van der Waals surface area contributed by atoms with Gasteiger partial charge >= 0.3 is 6.03 Å². The number of aryl methyl sites for hydroxylation is 1. The van der Waals surface area contributed by atoms with Crippen LogP contribution in [0.15, 0.2) is 42.5 Å². The van der Waals surface area contributed by atoms with E-state index in [1.807, 2.05) is 56.3 Å². The number of hydrogen-bond donors (Lipinski definition) is 3. The summed E-state index contributed by atoms with van der Waals surface area (Å²) in [6, 6.07) is 13.2. The summed E-state index contributed by atoms with van der Waals surface area (Å²) in [7, 11) is 0. The van der Waals surface area contributed by atoms with E-state index in [0.717, 1.165) is 79.8 Å². The molecule has 39 heavy (non-hydrogen) atoms. The van der Waals surface area contributed by atoms with Crippen molar-refractivity contribution in [1.29, 1.82) is 0 Å². The molecule has 0 spiro atoms. The maximum Gasteiger partial charge on any atom is 0.329 e. The molecule has 212 valence electrons. The largest absolute Gasteiger partial charge is 0.463 e. The SMILES string of the molecule is CC1(C)OCc2cc(C(O)CNCCCCCCOCCCc3cccc(N4CC(=O)NC4=O)c3)ccc2O1. The maximum atomic E-state index is 11.8. The number of anilines is 1. The Morgan fingerprint density at radius 2 is 1.90 bits per heavy atom. The molecule has 2 heterocycles. The second-order valence-corrected chi connectivity index (χ2v) is 10.6. The van der Waals surface area contributed by atoms with E-state index in [0.29, 0.717) is 19.8 Å². The third kappa shape index (κ3) is 8.76. The standard InChI is InChI=1S/C30H41N3O6/c1-30(2)38-21-24-18-23(12-13-27(24)39-30)26(34)19-31-14-5-3-4-6-15-37-16-8-10-22-9-7-11-25(17-22)33-20-28(35)32-29(33)36/h7,9,11-13,17-18,26,31,34H,3-6,8,10,14-16,19-21H2,1-2H3,(H,32,35,36). The molecule has 0 bridgehead atoms. The average Bonchev–Trinajstić information content (AvgIpc) is 3.26. The number of urea groups is 1. The molecule has 9 heteroatoms. The van der Waals surface area contributed by atoms with E-state index in [1.165, 1.54) is 4.90 Å². The lowest BCUT2D eigenvalue weighted by molar-refractivity contribution is -0.180. The number of nitrogens with zero attached hydrogens (tertiary/aromatic N) is 1. The van der Waals surface area contributed by atoms with Crippen molar-refractivity contribution in [3.63, 3.8) is 0 Å². The van der Waals surface area contributed by atoms with Crippen molar-refractivity contribution in [2.24, 2.45) is 0 Å². The predicted octanol–water partition coefficient (Wildman–Crippen LogP) is 4.22. The van der Waals surface area contributed by atoms with Crippen molar-refractivity contribution < 1.29 is 28.9 Å². The molecule has 9 nitrogen and oxygen atoms in total. The molecule has 2 aromatic rings. The second-order valence-electron chi connectivity index (χ2n) is 10.6. The van der Waals surface area contributed by atoms with Crippen LogP contribution in [0.3, 0.4) is 0 Å². The first kappa shape index (κ1) is 29.0. The van der Waals surface area contributed by atoms with E-state index < -0.39 is 11.9 Å². The van der Waals surface area contributed by atoms with Gasteiger partial charge in [-0.05, 0) is 67.6 Å². The van der Waals surface area contributed by atoms with E-state index in [1.54, 1.807) is 0 Å². The lowest BCUT2D eigenvalue weighted by Crippen LogP contribution is -2.35.